The fourth-order valence-corrected chi connectivity index (χ4v) is 4.92. The Hall–Kier alpha value is 0.01000. The lowest BCUT2D eigenvalue weighted by molar-refractivity contribution is -0.118. The Labute approximate surface area is 113 Å². The maximum absolute atomic E-state index is 5.89. The van der Waals surface area contributed by atoms with E-state index in [4.69, 9.17) is 16.5 Å². The van der Waals surface area contributed by atoms with Crippen molar-refractivity contribution in [1.29, 1.82) is 0 Å². The molecule has 0 saturated carbocycles. The van der Waals surface area contributed by atoms with Gasteiger partial charge in [-0.25, -0.2) is 0 Å². The topological polar surface area (TPSA) is 12.5 Å². The molecule has 1 aromatic carbocycles. The number of rotatable bonds is 4. The molecular weight excluding hydrogens is 269 g/mol. The quantitative estimate of drug-likeness (QED) is 0.618. The molecule has 0 N–H and O–H groups in total. The highest BCUT2D eigenvalue weighted by Gasteiger charge is 2.42. The summed E-state index contributed by atoms with van der Waals surface area (Å²) in [5.74, 6) is 0. The summed E-state index contributed by atoms with van der Waals surface area (Å²) >= 11 is 6.86. The van der Waals surface area contributed by atoms with E-state index in [2.05, 4.69) is 28.6 Å². The molecule has 92 valence electrons. The molecule has 1 aromatic rings. The summed E-state index contributed by atoms with van der Waals surface area (Å²) in [6.07, 6.45) is 3.48. The van der Waals surface area contributed by atoms with Gasteiger partial charge in [0, 0.05) is 13.7 Å². The van der Waals surface area contributed by atoms with Gasteiger partial charge in [0.05, 0.1) is 0 Å². The average Bonchev–Trinajstić information content (AvgIpc) is 2.41. The molecule has 0 bridgehead atoms. The van der Waals surface area contributed by atoms with Crippen LogP contribution in [-0.2, 0) is 22.3 Å². The van der Waals surface area contributed by atoms with E-state index in [1.165, 1.54) is 18.4 Å². The van der Waals surface area contributed by atoms with E-state index < -0.39 is 0 Å². The zero-order valence-electron chi connectivity index (χ0n) is 9.89. The van der Waals surface area contributed by atoms with E-state index >= 15 is 0 Å². The fourth-order valence-electron chi connectivity index (χ4n) is 2.40. The van der Waals surface area contributed by atoms with Gasteiger partial charge in [-0.1, -0.05) is 30.3 Å². The maximum atomic E-state index is 5.89. The van der Waals surface area contributed by atoms with Crippen LogP contribution in [0, 0.1) is 0 Å². The minimum absolute atomic E-state index is 0.282. The standard InChI is InChI=1S/C12H16NOPS2/c1-14-12(11-7-3-2-4-8-11)9-5-6-10-13(12)17-15-16/h2-4,7-8H,5-6,9-10H2,1H3/p+1. The van der Waals surface area contributed by atoms with Gasteiger partial charge in [0.25, 0.3) is 0 Å². The molecule has 1 aliphatic heterocycles. The number of ether oxygens (including phenoxy) is 1. The van der Waals surface area contributed by atoms with Crippen LogP contribution in [0.15, 0.2) is 30.3 Å². The first kappa shape index (κ1) is 13.4. The molecule has 0 aromatic heterocycles. The molecule has 2 atom stereocenters. The highest BCUT2D eigenvalue weighted by Crippen LogP contribution is 2.45. The van der Waals surface area contributed by atoms with E-state index in [1.807, 2.05) is 6.07 Å². The molecule has 0 radical (unpaired) electrons. The Bertz CT molecular complexity index is 376. The van der Waals surface area contributed by atoms with Gasteiger partial charge in [-0.05, 0) is 24.8 Å². The van der Waals surface area contributed by atoms with Gasteiger partial charge in [-0.2, -0.15) is 4.31 Å². The molecule has 1 aliphatic rings. The Morgan fingerprint density at radius 2 is 2.12 bits per heavy atom. The zero-order chi connectivity index (χ0) is 12.1. The third-order valence-corrected chi connectivity index (χ3v) is 5.57. The minimum Gasteiger partial charge on any atom is -0.358 e. The largest absolute Gasteiger partial charge is 0.358 e. The van der Waals surface area contributed by atoms with E-state index in [-0.39, 0.29) is 5.72 Å². The molecule has 0 aliphatic carbocycles. The third kappa shape index (κ3) is 2.72. The Kier molecular flexibility index (Phi) is 4.95. The summed E-state index contributed by atoms with van der Waals surface area (Å²) in [7, 11) is 1.80. The van der Waals surface area contributed by atoms with Crippen molar-refractivity contribution in [3.63, 3.8) is 0 Å². The normalized spacial score (nSPS) is 26.2. The number of methoxy groups -OCH3 is 1. The molecule has 0 spiro atoms. The van der Waals surface area contributed by atoms with Gasteiger partial charge >= 0.3 is 0 Å². The SMILES string of the molecule is COC1(c2ccccc2)CCCCN1S[PH+]=S. The van der Waals surface area contributed by atoms with Crippen molar-refractivity contribution in [2.75, 3.05) is 13.7 Å². The minimum atomic E-state index is -0.282. The first-order chi connectivity index (χ1) is 8.33. The second-order valence-corrected chi connectivity index (χ2v) is 7.43. The number of benzene rings is 1. The lowest BCUT2D eigenvalue weighted by atomic mass is 9.93. The number of hydrogen-bond donors (Lipinski definition) is 0. The second-order valence-electron chi connectivity index (χ2n) is 4.09. The molecule has 0 amide bonds. The number of hydrogen-bond acceptors (Lipinski definition) is 4. The van der Waals surface area contributed by atoms with Crippen molar-refractivity contribution in [2.24, 2.45) is 0 Å². The molecule has 2 nitrogen and oxygen atoms in total. The van der Waals surface area contributed by atoms with Gasteiger partial charge < -0.3 is 4.74 Å². The molecule has 2 rings (SSSR count). The van der Waals surface area contributed by atoms with Crippen LogP contribution in [0.3, 0.4) is 0 Å². The summed E-state index contributed by atoms with van der Waals surface area (Å²) in [5.41, 5.74) is 0.957. The zero-order valence-corrected chi connectivity index (χ0v) is 12.5. The molecule has 17 heavy (non-hydrogen) atoms. The molecule has 1 saturated heterocycles. The third-order valence-electron chi connectivity index (χ3n) is 3.24. The lowest BCUT2D eigenvalue weighted by Gasteiger charge is -2.42. The smallest absolute Gasteiger partial charge is 0.247 e. The Balaban J connectivity index is 2.35. The summed E-state index contributed by atoms with van der Waals surface area (Å²) in [6, 6.07) is 10.5. The molecule has 2 unspecified atom stereocenters. The fraction of sp³-hybridized carbons (Fsp3) is 0.500. The second kappa shape index (κ2) is 6.26. The van der Waals surface area contributed by atoms with Crippen LogP contribution in [-0.4, -0.2) is 18.0 Å². The highest BCUT2D eigenvalue weighted by atomic mass is 32.9. The van der Waals surface area contributed by atoms with Crippen molar-refractivity contribution in [3.8, 4) is 0 Å². The van der Waals surface area contributed by atoms with E-state index in [9.17, 15) is 0 Å². The molecular formula is C12H17NOPS2+. The van der Waals surface area contributed by atoms with Gasteiger partial charge in [-0.15, -0.1) is 0 Å². The van der Waals surface area contributed by atoms with E-state index in [0.29, 0.717) is 6.56 Å². The average molecular weight is 286 g/mol. The monoisotopic (exact) mass is 286 g/mol. The van der Waals surface area contributed by atoms with Crippen molar-refractivity contribution in [3.05, 3.63) is 35.9 Å². The first-order valence-corrected chi connectivity index (χ1v) is 9.39. The molecule has 1 fully saturated rings. The summed E-state index contributed by atoms with van der Waals surface area (Å²) in [5, 5.41) is 0. The van der Waals surface area contributed by atoms with E-state index in [0.717, 1.165) is 13.0 Å². The van der Waals surface area contributed by atoms with Crippen molar-refractivity contribution in [2.45, 2.75) is 25.0 Å². The van der Waals surface area contributed by atoms with Gasteiger partial charge in [-0.3, -0.25) is 0 Å². The molecule has 5 heteroatoms. The van der Waals surface area contributed by atoms with Crippen LogP contribution in [0.5, 0.6) is 0 Å². The first-order valence-electron chi connectivity index (χ1n) is 5.76. The van der Waals surface area contributed by atoms with Gasteiger partial charge in [0.1, 0.15) is 0 Å². The predicted octanol–water partition coefficient (Wildman–Crippen LogP) is 3.68. The van der Waals surface area contributed by atoms with Crippen molar-refractivity contribution < 1.29 is 4.74 Å². The summed E-state index contributed by atoms with van der Waals surface area (Å²) in [6.45, 7) is 1.50. The van der Waals surface area contributed by atoms with Crippen LogP contribution in [0.25, 0.3) is 0 Å². The van der Waals surface area contributed by atoms with E-state index in [1.54, 1.807) is 18.7 Å². The van der Waals surface area contributed by atoms with Crippen LogP contribution in [0.4, 0.5) is 0 Å². The van der Waals surface area contributed by atoms with Crippen LogP contribution in [0.1, 0.15) is 24.8 Å². The number of piperidine rings is 1. The lowest BCUT2D eigenvalue weighted by Crippen LogP contribution is -2.46. The van der Waals surface area contributed by atoms with Crippen LogP contribution >= 0.6 is 18.1 Å². The predicted molar refractivity (Wildman–Crippen MR) is 79.0 cm³/mol. The Morgan fingerprint density at radius 3 is 2.76 bits per heavy atom. The van der Waals surface area contributed by atoms with Gasteiger partial charge in [0.2, 0.25) is 6.56 Å². The summed E-state index contributed by atoms with van der Waals surface area (Å²) in [4.78, 5) is 0. The Morgan fingerprint density at radius 1 is 1.35 bits per heavy atom. The van der Waals surface area contributed by atoms with Crippen molar-refractivity contribution in [1.82, 2.24) is 4.31 Å². The maximum Gasteiger partial charge on any atom is 0.247 e. The van der Waals surface area contributed by atoms with Gasteiger partial charge in [0.15, 0.2) is 29.1 Å². The van der Waals surface area contributed by atoms with Crippen LogP contribution < -0.4 is 0 Å². The number of nitrogens with zero attached hydrogens (tertiary/aromatic N) is 1. The van der Waals surface area contributed by atoms with Crippen LogP contribution in [0.2, 0.25) is 0 Å². The highest BCUT2D eigenvalue weighted by molar-refractivity contribution is 8.56. The van der Waals surface area contributed by atoms with Crippen molar-refractivity contribution >= 4 is 29.9 Å². The molecule has 1 heterocycles. The summed E-state index contributed by atoms with van der Waals surface area (Å²) < 4.78 is 8.22.